The van der Waals surface area contributed by atoms with Crippen LogP contribution in [0.25, 0.3) is 0 Å². The number of nitrogens with one attached hydrogen (secondary N) is 2. The minimum absolute atomic E-state index is 0.0578. The molecule has 0 spiro atoms. The summed E-state index contributed by atoms with van der Waals surface area (Å²) < 4.78 is 37.4. The van der Waals surface area contributed by atoms with Gasteiger partial charge in [0, 0.05) is 31.1 Å². The lowest BCUT2D eigenvalue weighted by Crippen LogP contribution is -2.46. The molecule has 5 nitrogen and oxygen atoms in total. The molecule has 1 aliphatic rings. The summed E-state index contributed by atoms with van der Waals surface area (Å²) in [6, 6.07) is 3.89. The molecule has 26 heavy (non-hydrogen) atoms. The Labute approximate surface area is 149 Å². The maximum atomic E-state index is 12.5. The van der Waals surface area contributed by atoms with Gasteiger partial charge in [-0.05, 0) is 37.6 Å². The van der Waals surface area contributed by atoms with Crippen LogP contribution in [0.3, 0.4) is 0 Å². The van der Waals surface area contributed by atoms with Crippen molar-refractivity contribution in [3.05, 3.63) is 35.4 Å². The highest BCUT2D eigenvalue weighted by Gasteiger charge is 2.29. The standard InChI is InChI=1S/C18H20F3N3O2/c1-13(12-24-11-3-5-16(24)25)23-17(26)22-10-2-4-14-6-8-15(9-7-14)18(19,20)21/h6-9,13H,3,5,10-12H2,1H3,(H2,22,23,26). The Kier molecular flexibility index (Phi) is 6.50. The molecule has 1 atom stereocenters. The van der Waals surface area contributed by atoms with Crippen LogP contribution in [0.15, 0.2) is 24.3 Å². The summed E-state index contributed by atoms with van der Waals surface area (Å²) in [5, 5.41) is 5.26. The van der Waals surface area contributed by atoms with Crippen LogP contribution in [0.1, 0.15) is 30.9 Å². The number of hydrogen-bond acceptors (Lipinski definition) is 2. The Bertz CT molecular complexity index is 705. The van der Waals surface area contributed by atoms with Gasteiger partial charge in [0.05, 0.1) is 12.1 Å². The number of alkyl halides is 3. The van der Waals surface area contributed by atoms with Crippen molar-refractivity contribution in [1.29, 1.82) is 0 Å². The highest BCUT2D eigenvalue weighted by Crippen LogP contribution is 2.28. The summed E-state index contributed by atoms with van der Waals surface area (Å²) >= 11 is 0. The number of halogens is 3. The molecule has 0 aliphatic carbocycles. The van der Waals surface area contributed by atoms with E-state index in [1.54, 1.807) is 11.8 Å². The predicted molar refractivity (Wildman–Crippen MR) is 90.1 cm³/mol. The lowest BCUT2D eigenvalue weighted by atomic mass is 10.1. The number of likely N-dealkylation sites (tertiary alicyclic amines) is 1. The van der Waals surface area contributed by atoms with E-state index in [1.165, 1.54) is 12.1 Å². The largest absolute Gasteiger partial charge is 0.416 e. The molecule has 0 bridgehead atoms. The van der Waals surface area contributed by atoms with Crippen molar-refractivity contribution in [2.45, 2.75) is 32.0 Å². The second-order valence-corrected chi connectivity index (χ2v) is 6.05. The van der Waals surface area contributed by atoms with E-state index in [2.05, 4.69) is 22.5 Å². The van der Waals surface area contributed by atoms with Gasteiger partial charge in [-0.2, -0.15) is 13.2 Å². The van der Waals surface area contributed by atoms with E-state index in [0.29, 0.717) is 25.1 Å². The first-order chi connectivity index (χ1) is 12.3. The molecule has 1 aliphatic heterocycles. The third-order valence-corrected chi connectivity index (χ3v) is 3.83. The lowest BCUT2D eigenvalue weighted by Gasteiger charge is -2.21. The minimum Gasteiger partial charge on any atom is -0.341 e. The Morgan fingerprint density at radius 2 is 2.00 bits per heavy atom. The molecular weight excluding hydrogens is 347 g/mol. The van der Waals surface area contributed by atoms with Gasteiger partial charge >= 0.3 is 12.2 Å². The molecular formula is C18H20F3N3O2. The first-order valence-corrected chi connectivity index (χ1v) is 8.24. The Morgan fingerprint density at radius 3 is 2.58 bits per heavy atom. The molecule has 140 valence electrons. The van der Waals surface area contributed by atoms with Crippen LogP contribution < -0.4 is 10.6 Å². The van der Waals surface area contributed by atoms with E-state index in [1.807, 2.05) is 0 Å². The summed E-state index contributed by atoms with van der Waals surface area (Å²) in [5.74, 6) is 5.46. The topological polar surface area (TPSA) is 61.4 Å². The predicted octanol–water partition coefficient (Wildman–Crippen LogP) is 2.37. The van der Waals surface area contributed by atoms with Crippen molar-refractivity contribution < 1.29 is 22.8 Å². The van der Waals surface area contributed by atoms with Crippen molar-refractivity contribution >= 4 is 11.9 Å². The lowest BCUT2D eigenvalue weighted by molar-refractivity contribution is -0.137. The molecule has 1 unspecified atom stereocenters. The molecule has 1 aromatic rings. The van der Waals surface area contributed by atoms with E-state index in [-0.39, 0.29) is 18.5 Å². The zero-order valence-corrected chi connectivity index (χ0v) is 14.3. The van der Waals surface area contributed by atoms with Gasteiger partial charge in [0.2, 0.25) is 5.91 Å². The molecule has 0 aromatic heterocycles. The zero-order chi connectivity index (χ0) is 19.2. The number of rotatable bonds is 4. The number of benzene rings is 1. The monoisotopic (exact) mass is 367 g/mol. The number of urea groups is 1. The highest BCUT2D eigenvalue weighted by molar-refractivity contribution is 5.78. The molecule has 1 fully saturated rings. The van der Waals surface area contributed by atoms with E-state index >= 15 is 0 Å². The maximum Gasteiger partial charge on any atom is 0.416 e. The van der Waals surface area contributed by atoms with Crippen LogP contribution in [0.2, 0.25) is 0 Å². The number of amides is 3. The number of carbonyl (C=O) groups excluding carboxylic acids is 2. The molecule has 2 rings (SSSR count). The molecule has 0 radical (unpaired) electrons. The first-order valence-electron chi connectivity index (χ1n) is 8.24. The summed E-state index contributed by atoms with van der Waals surface area (Å²) in [5.41, 5.74) is -0.299. The Morgan fingerprint density at radius 1 is 1.31 bits per heavy atom. The fourth-order valence-corrected chi connectivity index (χ4v) is 2.56. The van der Waals surface area contributed by atoms with Crippen LogP contribution in [-0.4, -0.2) is 42.5 Å². The van der Waals surface area contributed by atoms with Crippen LogP contribution in [0.5, 0.6) is 0 Å². The van der Waals surface area contributed by atoms with E-state index in [0.717, 1.165) is 18.6 Å². The Balaban J connectivity index is 1.73. The average Bonchev–Trinajstić information content (AvgIpc) is 2.96. The summed E-state index contributed by atoms with van der Waals surface area (Å²) in [6.45, 7) is 3.04. The number of nitrogens with zero attached hydrogens (tertiary/aromatic N) is 1. The Hall–Kier alpha value is -2.69. The quantitative estimate of drug-likeness (QED) is 0.803. The first kappa shape index (κ1) is 19.6. The van der Waals surface area contributed by atoms with Gasteiger partial charge in [0.25, 0.3) is 0 Å². The average molecular weight is 367 g/mol. The third-order valence-electron chi connectivity index (χ3n) is 3.83. The van der Waals surface area contributed by atoms with Gasteiger partial charge in [-0.3, -0.25) is 4.79 Å². The van der Waals surface area contributed by atoms with Crippen molar-refractivity contribution in [3.8, 4) is 11.8 Å². The van der Waals surface area contributed by atoms with Crippen LogP contribution in [0, 0.1) is 11.8 Å². The van der Waals surface area contributed by atoms with Gasteiger partial charge in [0.1, 0.15) is 0 Å². The van der Waals surface area contributed by atoms with Gasteiger partial charge in [0.15, 0.2) is 0 Å². The van der Waals surface area contributed by atoms with E-state index in [9.17, 15) is 22.8 Å². The van der Waals surface area contributed by atoms with E-state index in [4.69, 9.17) is 0 Å². The van der Waals surface area contributed by atoms with Gasteiger partial charge in [-0.25, -0.2) is 4.79 Å². The van der Waals surface area contributed by atoms with Crippen LogP contribution in [0.4, 0.5) is 18.0 Å². The molecule has 3 amide bonds. The second kappa shape index (κ2) is 8.61. The van der Waals surface area contributed by atoms with Crippen molar-refractivity contribution in [2.75, 3.05) is 19.6 Å². The van der Waals surface area contributed by atoms with Crippen molar-refractivity contribution in [3.63, 3.8) is 0 Å². The van der Waals surface area contributed by atoms with E-state index < -0.39 is 17.8 Å². The van der Waals surface area contributed by atoms with Crippen molar-refractivity contribution in [1.82, 2.24) is 15.5 Å². The second-order valence-electron chi connectivity index (χ2n) is 6.05. The maximum absolute atomic E-state index is 12.5. The SMILES string of the molecule is CC(CN1CCCC1=O)NC(=O)NCC#Cc1ccc(C(F)(F)F)cc1. The summed E-state index contributed by atoms with van der Waals surface area (Å²) in [7, 11) is 0. The van der Waals surface area contributed by atoms with Crippen LogP contribution in [-0.2, 0) is 11.0 Å². The molecule has 1 heterocycles. The van der Waals surface area contributed by atoms with Gasteiger partial charge in [-0.15, -0.1) is 0 Å². The van der Waals surface area contributed by atoms with Gasteiger partial charge in [-0.1, -0.05) is 11.8 Å². The fraction of sp³-hybridized carbons (Fsp3) is 0.444. The molecule has 1 aromatic carbocycles. The van der Waals surface area contributed by atoms with Crippen LogP contribution >= 0.6 is 0 Å². The molecule has 8 heteroatoms. The summed E-state index contributed by atoms with van der Waals surface area (Å²) in [4.78, 5) is 25.0. The summed E-state index contributed by atoms with van der Waals surface area (Å²) in [6.07, 6.45) is -2.97. The fourth-order valence-electron chi connectivity index (χ4n) is 2.56. The van der Waals surface area contributed by atoms with Crippen molar-refractivity contribution in [2.24, 2.45) is 0 Å². The normalized spacial score (nSPS) is 15.2. The highest BCUT2D eigenvalue weighted by atomic mass is 19.4. The smallest absolute Gasteiger partial charge is 0.341 e. The molecule has 1 saturated heterocycles. The molecule has 2 N–H and O–H groups in total. The zero-order valence-electron chi connectivity index (χ0n) is 14.3. The number of carbonyl (C=O) groups is 2. The minimum atomic E-state index is -4.37. The molecule has 0 saturated carbocycles. The third kappa shape index (κ3) is 5.99. The number of hydrogen-bond donors (Lipinski definition) is 2. The van der Waals surface area contributed by atoms with Gasteiger partial charge < -0.3 is 15.5 Å².